The van der Waals surface area contributed by atoms with Crippen LogP contribution in [0.4, 0.5) is 4.39 Å². The third-order valence-electron chi connectivity index (χ3n) is 2.91. The molecule has 96 valence electrons. The third-order valence-corrected chi connectivity index (χ3v) is 4.94. The van der Waals surface area contributed by atoms with Crippen LogP contribution in [-0.4, -0.2) is 0 Å². The Morgan fingerprint density at radius 2 is 1.74 bits per heavy atom. The van der Waals surface area contributed by atoms with Crippen LogP contribution >= 0.6 is 34.5 Å². The van der Waals surface area contributed by atoms with E-state index in [1.54, 1.807) is 6.07 Å². The quantitative estimate of drug-likeness (QED) is 0.507. The summed E-state index contributed by atoms with van der Waals surface area (Å²) < 4.78 is 14.1. The topological polar surface area (TPSA) is 0 Å². The minimum absolute atomic E-state index is 0.224. The molecular formula is C15H9Cl2FS. The van der Waals surface area contributed by atoms with Crippen molar-refractivity contribution in [3.63, 3.8) is 0 Å². The van der Waals surface area contributed by atoms with Gasteiger partial charge in [-0.3, -0.25) is 0 Å². The summed E-state index contributed by atoms with van der Waals surface area (Å²) in [5.74, 6) is -0.224. The van der Waals surface area contributed by atoms with Crippen molar-refractivity contribution in [2.45, 2.75) is 5.38 Å². The van der Waals surface area contributed by atoms with E-state index in [1.807, 2.05) is 30.3 Å². The number of hydrogen-bond acceptors (Lipinski definition) is 1. The third kappa shape index (κ3) is 2.62. The lowest BCUT2D eigenvalue weighted by atomic mass is 10.1. The summed E-state index contributed by atoms with van der Waals surface area (Å²) in [5.41, 5.74) is 0.984. The molecule has 0 radical (unpaired) electrons. The summed E-state index contributed by atoms with van der Waals surface area (Å²) in [5, 5.41) is 1.46. The Kier molecular flexibility index (Phi) is 3.48. The standard InChI is InChI=1S/C15H9Cl2FS/c16-11-4-1-9(2-5-11)15(17)14-7-10-3-6-12(18)8-13(10)19-14/h1-8,15H. The highest BCUT2D eigenvalue weighted by molar-refractivity contribution is 7.19. The van der Waals surface area contributed by atoms with Crippen molar-refractivity contribution >= 4 is 44.6 Å². The molecule has 0 bridgehead atoms. The molecule has 0 N–H and O–H groups in total. The Labute approximate surface area is 124 Å². The van der Waals surface area contributed by atoms with Gasteiger partial charge >= 0.3 is 0 Å². The molecule has 0 aliphatic heterocycles. The number of hydrogen-bond donors (Lipinski definition) is 0. The molecular weight excluding hydrogens is 302 g/mol. The van der Waals surface area contributed by atoms with E-state index in [2.05, 4.69) is 0 Å². The monoisotopic (exact) mass is 310 g/mol. The van der Waals surface area contributed by atoms with Gasteiger partial charge in [-0.1, -0.05) is 29.8 Å². The maximum absolute atomic E-state index is 13.2. The fourth-order valence-electron chi connectivity index (χ4n) is 1.95. The van der Waals surface area contributed by atoms with Crippen LogP contribution in [0.3, 0.4) is 0 Å². The molecule has 0 saturated heterocycles. The smallest absolute Gasteiger partial charge is 0.124 e. The largest absolute Gasteiger partial charge is 0.207 e. The van der Waals surface area contributed by atoms with Crippen LogP contribution in [0.5, 0.6) is 0 Å². The molecule has 0 saturated carbocycles. The number of rotatable bonds is 2. The normalized spacial score (nSPS) is 12.8. The number of halogens is 3. The Bertz CT molecular complexity index is 719. The molecule has 1 atom stereocenters. The zero-order chi connectivity index (χ0) is 13.4. The first-order valence-corrected chi connectivity index (χ1v) is 7.35. The van der Waals surface area contributed by atoms with Crippen molar-refractivity contribution in [3.05, 3.63) is 69.8 Å². The second kappa shape index (κ2) is 5.12. The van der Waals surface area contributed by atoms with Crippen molar-refractivity contribution in [1.82, 2.24) is 0 Å². The molecule has 4 heteroatoms. The van der Waals surface area contributed by atoms with E-state index in [0.717, 1.165) is 20.5 Å². The van der Waals surface area contributed by atoms with Crippen molar-refractivity contribution in [1.29, 1.82) is 0 Å². The highest BCUT2D eigenvalue weighted by atomic mass is 35.5. The van der Waals surface area contributed by atoms with Gasteiger partial charge in [0.05, 0.1) is 5.38 Å². The SMILES string of the molecule is Fc1ccc2cc(C(Cl)c3ccc(Cl)cc3)sc2c1. The number of thiophene rings is 1. The van der Waals surface area contributed by atoms with Gasteiger partial charge in [-0.05, 0) is 41.3 Å². The van der Waals surface area contributed by atoms with Gasteiger partial charge in [-0.15, -0.1) is 22.9 Å². The average Bonchev–Trinajstić information content (AvgIpc) is 2.81. The molecule has 1 aromatic heterocycles. The Morgan fingerprint density at radius 1 is 1.00 bits per heavy atom. The van der Waals surface area contributed by atoms with Gasteiger partial charge in [-0.2, -0.15) is 0 Å². The number of fused-ring (bicyclic) bond motifs is 1. The summed E-state index contributed by atoms with van der Waals surface area (Å²) >= 11 is 13.8. The maximum atomic E-state index is 13.2. The van der Waals surface area contributed by atoms with Gasteiger partial charge in [0, 0.05) is 14.6 Å². The molecule has 3 aromatic rings. The summed E-state index contributed by atoms with van der Waals surface area (Å²) in [6, 6.07) is 14.2. The fourth-order valence-corrected chi connectivity index (χ4v) is 3.51. The van der Waals surface area contributed by atoms with Crippen molar-refractivity contribution < 1.29 is 4.39 Å². The molecule has 0 aliphatic rings. The first-order valence-electron chi connectivity index (χ1n) is 5.72. The van der Waals surface area contributed by atoms with Crippen LogP contribution in [-0.2, 0) is 0 Å². The number of alkyl halides is 1. The molecule has 0 spiro atoms. The zero-order valence-corrected chi connectivity index (χ0v) is 12.1. The Morgan fingerprint density at radius 3 is 2.47 bits per heavy atom. The first-order chi connectivity index (χ1) is 9.13. The van der Waals surface area contributed by atoms with Gasteiger partial charge in [0.2, 0.25) is 0 Å². The second-order valence-corrected chi connectivity index (χ2v) is 6.23. The molecule has 0 aliphatic carbocycles. The van der Waals surface area contributed by atoms with Crippen LogP contribution in [0.2, 0.25) is 5.02 Å². The van der Waals surface area contributed by atoms with Gasteiger partial charge in [0.1, 0.15) is 5.82 Å². The first kappa shape index (κ1) is 12.9. The van der Waals surface area contributed by atoms with Gasteiger partial charge in [0.25, 0.3) is 0 Å². The van der Waals surface area contributed by atoms with Crippen molar-refractivity contribution in [2.75, 3.05) is 0 Å². The summed E-state index contributed by atoms with van der Waals surface area (Å²) in [4.78, 5) is 1.00. The maximum Gasteiger partial charge on any atom is 0.124 e. The lowest BCUT2D eigenvalue weighted by Gasteiger charge is -2.07. The van der Waals surface area contributed by atoms with E-state index in [9.17, 15) is 4.39 Å². The second-order valence-electron chi connectivity index (χ2n) is 4.25. The lowest BCUT2D eigenvalue weighted by molar-refractivity contribution is 0.630. The predicted molar refractivity (Wildman–Crippen MR) is 80.9 cm³/mol. The summed E-state index contributed by atoms with van der Waals surface area (Å²) in [7, 11) is 0. The lowest BCUT2D eigenvalue weighted by Crippen LogP contribution is -1.88. The van der Waals surface area contributed by atoms with Crippen molar-refractivity contribution in [2.24, 2.45) is 0 Å². The fraction of sp³-hybridized carbons (Fsp3) is 0.0667. The van der Waals surface area contributed by atoms with Crippen LogP contribution < -0.4 is 0 Å². The molecule has 2 aromatic carbocycles. The predicted octanol–water partition coefficient (Wildman–Crippen LogP) is 6.02. The molecule has 19 heavy (non-hydrogen) atoms. The molecule has 0 nitrogen and oxygen atoms in total. The average molecular weight is 311 g/mol. The molecule has 1 heterocycles. The van der Waals surface area contributed by atoms with Crippen molar-refractivity contribution in [3.8, 4) is 0 Å². The Balaban J connectivity index is 2.01. The van der Waals surface area contributed by atoms with Crippen LogP contribution in [0.1, 0.15) is 15.8 Å². The molecule has 1 unspecified atom stereocenters. The van der Waals surface area contributed by atoms with Gasteiger partial charge in [-0.25, -0.2) is 4.39 Å². The molecule has 3 rings (SSSR count). The van der Waals surface area contributed by atoms with E-state index < -0.39 is 0 Å². The van der Waals surface area contributed by atoms with Crippen LogP contribution in [0.25, 0.3) is 10.1 Å². The van der Waals surface area contributed by atoms with Gasteiger partial charge < -0.3 is 0 Å². The minimum atomic E-state index is -0.238. The van der Waals surface area contributed by atoms with E-state index >= 15 is 0 Å². The van der Waals surface area contributed by atoms with E-state index in [4.69, 9.17) is 23.2 Å². The van der Waals surface area contributed by atoms with Gasteiger partial charge in [0.15, 0.2) is 0 Å². The zero-order valence-electron chi connectivity index (χ0n) is 9.74. The summed E-state index contributed by atoms with van der Waals surface area (Å²) in [6.07, 6.45) is 0. The molecule has 0 amide bonds. The van der Waals surface area contributed by atoms with E-state index in [0.29, 0.717) is 5.02 Å². The highest BCUT2D eigenvalue weighted by Crippen LogP contribution is 2.37. The van der Waals surface area contributed by atoms with E-state index in [-0.39, 0.29) is 11.2 Å². The summed E-state index contributed by atoms with van der Waals surface area (Å²) in [6.45, 7) is 0. The number of benzene rings is 2. The highest BCUT2D eigenvalue weighted by Gasteiger charge is 2.14. The van der Waals surface area contributed by atoms with E-state index in [1.165, 1.54) is 23.5 Å². The molecule has 0 fully saturated rings. The van der Waals surface area contributed by atoms with Crippen LogP contribution in [0, 0.1) is 5.82 Å². The minimum Gasteiger partial charge on any atom is -0.207 e. The Hall–Kier alpha value is -1.09. The van der Waals surface area contributed by atoms with Crippen LogP contribution in [0.15, 0.2) is 48.5 Å².